The van der Waals surface area contributed by atoms with Crippen molar-refractivity contribution in [2.75, 3.05) is 11.9 Å². The fraction of sp³-hybridized carbons (Fsp3) is 0.455. The summed E-state index contributed by atoms with van der Waals surface area (Å²) in [4.78, 5) is 43.2. The fourth-order valence-corrected chi connectivity index (χ4v) is 4.83. The van der Waals surface area contributed by atoms with Crippen LogP contribution in [0.25, 0.3) is 11.3 Å². The summed E-state index contributed by atoms with van der Waals surface area (Å²) < 4.78 is 0. The molecule has 0 unspecified atom stereocenters. The normalized spacial score (nSPS) is 23.7. The van der Waals surface area contributed by atoms with Crippen LogP contribution in [0.15, 0.2) is 29.6 Å². The van der Waals surface area contributed by atoms with E-state index in [0.29, 0.717) is 23.9 Å². The van der Waals surface area contributed by atoms with Crippen molar-refractivity contribution in [3.8, 4) is 11.3 Å². The van der Waals surface area contributed by atoms with Gasteiger partial charge < -0.3 is 10.6 Å². The highest BCUT2D eigenvalue weighted by Gasteiger charge is 2.52. The van der Waals surface area contributed by atoms with Crippen molar-refractivity contribution in [3.63, 3.8) is 0 Å². The molecule has 4 rings (SSSR count). The number of aromatic nitrogens is 1. The molecule has 0 atom stereocenters. The number of carbonyl (C=O) groups excluding carboxylic acids is 3. The summed E-state index contributed by atoms with van der Waals surface area (Å²) in [7, 11) is 0. The molecule has 30 heavy (non-hydrogen) atoms. The lowest BCUT2D eigenvalue weighted by atomic mass is 9.77. The molecular weight excluding hydrogens is 400 g/mol. The molecule has 1 saturated heterocycles. The molecule has 0 bridgehead atoms. The largest absolute Gasteiger partial charge is 0.325 e. The number of imide groups is 1. The first-order chi connectivity index (χ1) is 14.4. The number of amides is 4. The van der Waals surface area contributed by atoms with Gasteiger partial charge in [0.05, 0.1) is 5.69 Å². The van der Waals surface area contributed by atoms with Crippen molar-refractivity contribution in [1.82, 2.24) is 15.2 Å². The second-order valence-electron chi connectivity index (χ2n) is 8.22. The van der Waals surface area contributed by atoms with Crippen LogP contribution < -0.4 is 10.6 Å². The van der Waals surface area contributed by atoms with E-state index in [9.17, 15) is 14.4 Å². The summed E-state index contributed by atoms with van der Waals surface area (Å²) in [6.07, 6.45) is 4.02. The summed E-state index contributed by atoms with van der Waals surface area (Å²) in [6, 6.07) is 7.66. The average Bonchev–Trinajstić information content (AvgIpc) is 3.29. The highest BCUT2D eigenvalue weighted by molar-refractivity contribution is 7.14. The quantitative estimate of drug-likeness (QED) is 0.711. The lowest BCUT2D eigenvalue weighted by molar-refractivity contribution is -0.135. The maximum atomic E-state index is 12.9. The highest BCUT2D eigenvalue weighted by Crippen LogP contribution is 2.36. The number of nitrogens with zero attached hydrogens (tertiary/aromatic N) is 2. The zero-order chi connectivity index (χ0) is 21.3. The third-order valence-electron chi connectivity index (χ3n) is 6.08. The van der Waals surface area contributed by atoms with Gasteiger partial charge in [-0.2, -0.15) is 0 Å². The molecule has 2 aromatic rings. The van der Waals surface area contributed by atoms with Gasteiger partial charge in [-0.05, 0) is 43.6 Å². The molecule has 2 fully saturated rings. The van der Waals surface area contributed by atoms with E-state index in [4.69, 9.17) is 0 Å². The van der Waals surface area contributed by atoms with E-state index >= 15 is 0 Å². The van der Waals surface area contributed by atoms with Crippen LogP contribution in [0.5, 0.6) is 0 Å². The lowest BCUT2D eigenvalue weighted by Crippen LogP contribution is -2.49. The molecule has 0 radical (unpaired) electrons. The van der Waals surface area contributed by atoms with Crippen LogP contribution in [0.3, 0.4) is 0 Å². The van der Waals surface area contributed by atoms with Gasteiger partial charge in [-0.25, -0.2) is 9.78 Å². The van der Waals surface area contributed by atoms with Crippen LogP contribution in [-0.4, -0.2) is 39.8 Å². The Morgan fingerprint density at radius 3 is 2.63 bits per heavy atom. The number of nitrogens with one attached hydrogen (secondary N) is 2. The van der Waals surface area contributed by atoms with Crippen molar-refractivity contribution in [3.05, 3.63) is 35.2 Å². The number of rotatable bonds is 5. The van der Waals surface area contributed by atoms with Gasteiger partial charge in [-0.3, -0.25) is 14.5 Å². The van der Waals surface area contributed by atoms with Crippen molar-refractivity contribution >= 4 is 34.3 Å². The molecule has 1 aromatic carbocycles. The van der Waals surface area contributed by atoms with E-state index in [0.717, 1.165) is 35.4 Å². The molecule has 2 heterocycles. The van der Waals surface area contributed by atoms with Crippen LogP contribution in [-0.2, 0) is 16.0 Å². The summed E-state index contributed by atoms with van der Waals surface area (Å²) in [5, 5.41) is 7.88. The molecule has 1 saturated carbocycles. The molecule has 7 nitrogen and oxygen atoms in total. The Balaban J connectivity index is 1.38. The Labute approximate surface area is 179 Å². The average molecular weight is 427 g/mol. The monoisotopic (exact) mass is 426 g/mol. The molecule has 158 valence electrons. The first-order valence-electron chi connectivity index (χ1n) is 10.4. The zero-order valence-electron chi connectivity index (χ0n) is 17.2. The van der Waals surface area contributed by atoms with E-state index in [-0.39, 0.29) is 12.5 Å². The van der Waals surface area contributed by atoms with Gasteiger partial charge in [0, 0.05) is 10.9 Å². The zero-order valence-corrected chi connectivity index (χ0v) is 18.1. The summed E-state index contributed by atoms with van der Waals surface area (Å²) in [5.41, 5.74) is 2.18. The second kappa shape index (κ2) is 8.18. The number of hydrogen-bond donors (Lipinski definition) is 2. The minimum Gasteiger partial charge on any atom is -0.323 e. The summed E-state index contributed by atoms with van der Waals surface area (Å²) in [6.45, 7) is 3.95. The Morgan fingerprint density at radius 2 is 1.97 bits per heavy atom. The fourth-order valence-electron chi connectivity index (χ4n) is 4.09. The minimum atomic E-state index is -0.830. The molecular formula is C22H26N4O3S. The number of carbonyl (C=O) groups is 3. The molecule has 2 N–H and O–H groups in total. The topological polar surface area (TPSA) is 91.4 Å². The van der Waals surface area contributed by atoms with Gasteiger partial charge in [0.25, 0.3) is 5.91 Å². The highest BCUT2D eigenvalue weighted by atomic mass is 32.1. The second-order valence-corrected chi connectivity index (χ2v) is 9.08. The molecule has 1 aromatic heterocycles. The minimum absolute atomic E-state index is 0.287. The number of benzene rings is 1. The van der Waals surface area contributed by atoms with E-state index < -0.39 is 17.5 Å². The molecule has 1 aliphatic heterocycles. The van der Waals surface area contributed by atoms with Gasteiger partial charge in [-0.1, -0.05) is 38.1 Å². The van der Waals surface area contributed by atoms with E-state index in [1.807, 2.05) is 17.5 Å². The van der Waals surface area contributed by atoms with Gasteiger partial charge >= 0.3 is 6.03 Å². The van der Waals surface area contributed by atoms with E-state index in [2.05, 4.69) is 41.6 Å². The first-order valence-corrected chi connectivity index (χ1v) is 11.3. The molecule has 4 amide bonds. The number of urea groups is 1. The van der Waals surface area contributed by atoms with Crippen LogP contribution in [0.1, 0.15) is 45.1 Å². The van der Waals surface area contributed by atoms with E-state index in [1.165, 1.54) is 16.9 Å². The van der Waals surface area contributed by atoms with Crippen molar-refractivity contribution in [2.24, 2.45) is 5.92 Å². The molecule has 8 heteroatoms. The summed E-state index contributed by atoms with van der Waals surface area (Å²) in [5.74, 6) is -0.165. The Morgan fingerprint density at radius 1 is 1.27 bits per heavy atom. The lowest BCUT2D eigenvalue weighted by Gasteiger charge is -2.33. The van der Waals surface area contributed by atoms with Crippen molar-refractivity contribution < 1.29 is 14.4 Å². The third-order valence-corrected chi connectivity index (χ3v) is 6.84. The van der Waals surface area contributed by atoms with Gasteiger partial charge in [0.2, 0.25) is 5.91 Å². The molecule has 2 aliphatic rings. The predicted octanol–water partition coefficient (Wildman–Crippen LogP) is 3.81. The Kier molecular flexibility index (Phi) is 5.60. The molecule has 1 spiro atoms. The maximum absolute atomic E-state index is 12.9. The number of thiazole rings is 1. The first kappa shape index (κ1) is 20.5. The predicted molar refractivity (Wildman–Crippen MR) is 116 cm³/mol. The molecule has 1 aliphatic carbocycles. The van der Waals surface area contributed by atoms with Crippen LogP contribution in [0, 0.1) is 5.92 Å². The SMILES string of the molecule is CCc1ccc(-c2csc(NC(=O)CN3C(=O)NC4(CCC(C)CC4)C3=O)n2)cc1. The van der Waals surface area contributed by atoms with Crippen LogP contribution in [0.4, 0.5) is 9.93 Å². The van der Waals surface area contributed by atoms with Gasteiger partial charge in [0.1, 0.15) is 12.1 Å². The van der Waals surface area contributed by atoms with Crippen molar-refractivity contribution in [1.29, 1.82) is 0 Å². The standard InChI is InChI=1S/C22H26N4O3S/c1-3-15-4-6-16(7-5-15)17-13-30-20(23-17)24-18(27)12-26-19(28)22(25-21(26)29)10-8-14(2)9-11-22/h4-7,13-14H,3,8-12H2,1-2H3,(H,25,29)(H,23,24,27). The van der Waals surface area contributed by atoms with Gasteiger partial charge in [0.15, 0.2) is 5.13 Å². The van der Waals surface area contributed by atoms with E-state index in [1.54, 1.807) is 0 Å². The Hall–Kier alpha value is -2.74. The number of aryl methyl sites for hydroxylation is 1. The summed E-state index contributed by atoms with van der Waals surface area (Å²) >= 11 is 1.32. The van der Waals surface area contributed by atoms with Crippen LogP contribution >= 0.6 is 11.3 Å². The number of anilines is 1. The van der Waals surface area contributed by atoms with Crippen molar-refractivity contribution in [2.45, 2.75) is 51.5 Å². The maximum Gasteiger partial charge on any atom is 0.325 e. The third kappa shape index (κ3) is 3.96. The number of hydrogen-bond acceptors (Lipinski definition) is 5. The smallest absolute Gasteiger partial charge is 0.323 e. The van der Waals surface area contributed by atoms with Crippen LogP contribution in [0.2, 0.25) is 0 Å². The Bertz CT molecular complexity index is 961. The van der Waals surface area contributed by atoms with Gasteiger partial charge in [-0.15, -0.1) is 11.3 Å².